The number of ether oxygens (including phenoxy) is 1. The molecule has 0 saturated heterocycles. The van der Waals surface area contributed by atoms with Crippen molar-refractivity contribution in [1.29, 1.82) is 5.26 Å². The first-order valence-electron chi connectivity index (χ1n) is 5.17. The van der Waals surface area contributed by atoms with E-state index in [4.69, 9.17) is 10.00 Å². The monoisotopic (exact) mass is 343 g/mol. The largest absolute Gasteiger partial charge is 0.438 e. The van der Waals surface area contributed by atoms with Crippen molar-refractivity contribution in [2.75, 3.05) is 0 Å². The summed E-state index contributed by atoms with van der Waals surface area (Å²) >= 11 is 3.06. The molecular formula is C12H5BrF3N3O. The van der Waals surface area contributed by atoms with Crippen LogP contribution in [0.1, 0.15) is 11.1 Å². The lowest BCUT2D eigenvalue weighted by atomic mass is 10.1. The molecule has 2 rings (SSSR count). The molecule has 0 aliphatic rings. The predicted octanol–water partition coefficient (Wildman–Crippen LogP) is 3.92. The van der Waals surface area contributed by atoms with E-state index in [1.54, 1.807) is 6.07 Å². The number of alkyl halides is 3. The Morgan fingerprint density at radius 3 is 2.55 bits per heavy atom. The fraction of sp³-hybridized carbons (Fsp3) is 0.0833. The van der Waals surface area contributed by atoms with Crippen LogP contribution in [0.15, 0.2) is 35.2 Å². The third-order valence-electron chi connectivity index (χ3n) is 2.24. The lowest BCUT2D eigenvalue weighted by molar-refractivity contribution is -0.138. The molecule has 4 nitrogen and oxygen atoms in total. The highest BCUT2D eigenvalue weighted by Crippen LogP contribution is 2.38. The van der Waals surface area contributed by atoms with Gasteiger partial charge in [-0.15, -0.1) is 0 Å². The topological polar surface area (TPSA) is 58.8 Å². The van der Waals surface area contributed by atoms with E-state index in [2.05, 4.69) is 25.9 Å². The van der Waals surface area contributed by atoms with Crippen molar-refractivity contribution in [2.45, 2.75) is 6.18 Å². The summed E-state index contributed by atoms with van der Waals surface area (Å²) in [5.74, 6) is -0.468. The van der Waals surface area contributed by atoms with Crippen molar-refractivity contribution >= 4 is 15.9 Å². The van der Waals surface area contributed by atoms with Crippen molar-refractivity contribution < 1.29 is 17.9 Å². The minimum absolute atomic E-state index is 0.0397. The molecule has 0 spiro atoms. The van der Waals surface area contributed by atoms with Gasteiger partial charge < -0.3 is 4.74 Å². The molecule has 0 unspecified atom stereocenters. The van der Waals surface area contributed by atoms with Gasteiger partial charge in [-0.2, -0.15) is 18.4 Å². The van der Waals surface area contributed by atoms with Gasteiger partial charge in [-0.1, -0.05) is 0 Å². The van der Waals surface area contributed by atoms with Gasteiger partial charge in [0, 0.05) is 6.07 Å². The predicted molar refractivity (Wildman–Crippen MR) is 66.0 cm³/mol. The van der Waals surface area contributed by atoms with Crippen molar-refractivity contribution in [2.24, 2.45) is 0 Å². The number of hydrogen-bond acceptors (Lipinski definition) is 4. The van der Waals surface area contributed by atoms with E-state index < -0.39 is 17.5 Å². The zero-order valence-corrected chi connectivity index (χ0v) is 11.2. The van der Waals surface area contributed by atoms with E-state index >= 15 is 0 Å². The molecule has 0 aliphatic heterocycles. The first kappa shape index (κ1) is 14.3. The van der Waals surface area contributed by atoms with Gasteiger partial charge in [0.25, 0.3) is 0 Å². The van der Waals surface area contributed by atoms with Crippen molar-refractivity contribution in [3.05, 3.63) is 46.3 Å². The first-order chi connectivity index (χ1) is 9.40. The molecule has 0 aliphatic carbocycles. The third kappa shape index (κ3) is 3.24. The highest BCUT2D eigenvalue weighted by molar-refractivity contribution is 9.10. The molecule has 1 aromatic carbocycles. The minimum Gasteiger partial charge on any atom is -0.438 e. The zero-order valence-electron chi connectivity index (χ0n) is 9.65. The lowest BCUT2D eigenvalue weighted by Gasteiger charge is -2.13. The highest BCUT2D eigenvalue weighted by Gasteiger charge is 2.35. The summed E-state index contributed by atoms with van der Waals surface area (Å²) in [6.45, 7) is 0. The van der Waals surface area contributed by atoms with Crippen LogP contribution in [0.4, 0.5) is 13.2 Å². The molecule has 8 heteroatoms. The fourth-order valence-corrected chi connectivity index (χ4v) is 1.68. The van der Waals surface area contributed by atoms with E-state index in [-0.39, 0.29) is 11.4 Å². The van der Waals surface area contributed by atoms with E-state index in [0.29, 0.717) is 4.60 Å². The van der Waals surface area contributed by atoms with Crippen LogP contribution in [0.25, 0.3) is 0 Å². The number of hydrogen-bond donors (Lipinski definition) is 0. The lowest BCUT2D eigenvalue weighted by Crippen LogP contribution is -2.08. The van der Waals surface area contributed by atoms with Crippen molar-refractivity contribution in [1.82, 2.24) is 9.97 Å². The average molecular weight is 344 g/mol. The van der Waals surface area contributed by atoms with Crippen molar-refractivity contribution in [3.63, 3.8) is 0 Å². The minimum atomic E-state index is -4.63. The summed E-state index contributed by atoms with van der Waals surface area (Å²) in [7, 11) is 0. The van der Waals surface area contributed by atoms with Gasteiger partial charge in [0.05, 0.1) is 17.2 Å². The molecule has 1 aromatic heterocycles. The molecule has 2 aromatic rings. The van der Waals surface area contributed by atoms with Gasteiger partial charge in [-0.25, -0.2) is 9.97 Å². The fourth-order valence-electron chi connectivity index (χ4n) is 1.40. The van der Waals surface area contributed by atoms with E-state index in [1.165, 1.54) is 12.1 Å². The van der Waals surface area contributed by atoms with E-state index in [9.17, 15) is 13.2 Å². The van der Waals surface area contributed by atoms with Crippen LogP contribution in [0.3, 0.4) is 0 Å². The summed E-state index contributed by atoms with van der Waals surface area (Å²) < 4.78 is 44.2. The maximum absolute atomic E-state index is 12.9. The van der Waals surface area contributed by atoms with Gasteiger partial charge in [-0.05, 0) is 34.1 Å². The Bertz CT molecular complexity index is 682. The van der Waals surface area contributed by atoms with Crippen molar-refractivity contribution in [3.8, 4) is 17.7 Å². The van der Waals surface area contributed by atoms with Crippen LogP contribution in [-0.4, -0.2) is 9.97 Å². The van der Waals surface area contributed by atoms with E-state index in [1.807, 2.05) is 0 Å². The molecular weight excluding hydrogens is 339 g/mol. The Hall–Kier alpha value is -2.14. The number of nitriles is 1. The molecule has 0 fully saturated rings. The highest BCUT2D eigenvalue weighted by atomic mass is 79.9. The molecule has 102 valence electrons. The summed E-state index contributed by atoms with van der Waals surface area (Å²) in [6, 6.07) is 6.03. The maximum atomic E-state index is 12.9. The first-order valence-corrected chi connectivity index (χ1v) is 5.96. The number of halogens is 4. The smallest absolute Gasteiger partial charge is 0.420 e. The molecule has 0 atom stereocenters. The second kappa shape index (κ2) is 5.46. The molecule has 0 amide bonds. The van der Waals surface area contributed by atoms with Gasteiger partial charge >= 0.3 is 6.18 Å². The summed E-state index contributed by atoms with van der Waals surface area (Å²) in [5.41, 5.74) is -1.14. The van der Waals surface area contributed by atoms with E-state index in [0.717, 1.165) is 18.5 Å². The Morgan fingerprint density at radius 2 is 1.95 bits per heavy atom. The number of nitrogens with zero attached hydrogens (tertiary/aromatic N) is 3. The molecule has 20 heavy (non-hydrogen) atoms. The number of aromatic nitrogens is 2. The van der Waals surface area contributed by atoms with Crippen LogP contribution in [0.2, 0.25) is 0 Å². The molecule has 0 radical (unpaired) electrons. The molecule has 1 heterocycles. The van der Waals surface area contributed by atoms with Crippen LogP contribution >= 0.6 is 15.9 Å². The summed E-state index contributed by atoms with van der Waals surface area (Å²) in [5, 5.41) is 8.66. The third-order valence-corrected chi connectivity index (χ3v) is 2.67. The van der Waals surface area contributed by atoms with Crippen LogP contribution in [0.5, 0.6) is 11.6 Å². The number of benzene rings is 1. The Morgan fingerprint density at radius 1 is 1.20 bits per heavy atom. The SMILES string of the molecule is N#Cc1ccc(Oc2cc(Br)ncn2)c(C(F)(F)F)c1. The maximum Gasteiger partial charge on any atom is 0.420 e. The van der Waals surface area contributed by atoms with Gasteiger partial charge in [0.1, 0.15) is 16.7 Å². The summed E-state index contributed by atoms with van der Waals surface area (Å²) in [6.07, 6.45) is -3.48. The Kier molecular flexibility index (Phi) is 3.90. The van der Waals surface area contributed by atoms with Crippen LogP contribution < -0.4 is 4.74 Å². The zero-order chi connectivity index (χ0) is 14.8. The molecule has 0 bridgehead atoms. The molecule has 0 saturated carbocycles. The number of rotatable bonds is 2. The average Bonchev–Trinajstić information content (AvgIpc) is 2.38. The Balaban J connectivity index is 2.44. The standard InChI is InChI=1S/C12H5BrF3N3O/c13-10-4-11(19-6-18-10)20-9-2-1-7(5-17)3-8(9)12(14,15)16/h1-4,6H. The van der Waals surface area contributed by atoms with Crippen LogP contribution in [-0.2, 0) is 6.18 Å². The quantitative estimate of drug-likeness (QED) is 0.775. The molecule has 0 N–H and O–H groups in total. The van der Waals surface area contributed by atoms with Gasteiger partial charge in [0.15, 0.2) is 0 Å². The second-order valence-electron chi connectivity index (χ2n) is 3.60. The Labute approximate surface area is 120 Å². The van der Waals surface area contributed by atoms with Gasteiger partial charge in [-0.3, -0.25) is 0 Å². The second-order valence-corrected chi connectivity index (χ2v) is 4.41. The normalized spacial score (nSPS) is 10.9. The van der Waals surface area contributed by atoms with Gasteiger partial charge in [0.2, 0.25) is 5.88 Å². The summed E-state index contributed by atoms with van der Waals surface area (Å²) in [4.78, 5) is 7.45. The van der Waals surface area contributed by atoms with Crippen LogP contribution in [0, 0.1) is 11.3 Å².